The van der Waals surface area contributed by atoms with Crippen LogP contribution in [-0.4, -0.2) is 6.54 Å². The second-order valence-electron chi connectivity index (χ2n) is 11.4. The predicted octanol–water partition coefficient (Wildman–Crippen LogP) is 11.6. The molecule has 0 fully saturated rings. The Kier molecular flexibility index (Phi) is 5.85. The van der Waals surface area contributed by atoms with Gasteiger partial charge in [0, 0.05) is 39.6 Å². The Hall–Kier alpha value is -6.00. The molecule has 0 spiro atoms. The first-order valence-corrected chi connectivity index (χ1v) is 15.2. The van der Waals surface area contributed by atoms with Crippen LogP contribution >= 0.6 is 0 Å². The van der Waals surface area contributed by atoms with Gasteiger partial charge >= 0.3 is 0 Å². The van der Waals surface area contributed by atoms with Crippen molar-refractivity contribution in [2.75, 3.05) is 16.8 Å². The molecule has 3 heterocycles. The number of rotatable bonds is 5. The summed E-state index contributed by atoms with van der Waals surface area (Å²) in [4.78, 5) is 2.29. The van der Waals surface area contributed by atoms with Crippen molar-refractivity contribution in [3.8, 4) is 22.3 Å². The van der Waals surface area contributed by atoms with Gasteiger partial charge in [-0.05, 0) is 64.7 Å². The molecule has 6 aromatic carbocycles. The monoisotopic (exact) mass is 580 g/mol. The third-order valence-electron chi connectivity index (χ3n) is 8.71. The fourth-order valence-electron chi connectivity index (χ4n) is 6.59. The zero-order valence-corrected chi connectivity index (χ0v) is 24.4. The molecule has 4 nitrogen and oxygen atoms in total. The van der Waals surface area contributed by atoms with Crippen molar-refractivity contribution < 1.29 is 8.83 Å². The minimum atomic E-state index is 0.775. The summed E-state index contributed by atoms with van der Waals surface area (Å²) >= 11 is 0. The van der Waals surface area contributed by atoms with Crippen LogP contribution < -0.4 is 10.2 Å². The van der Waals surface area contributed by atoms with Crippen LogP contribution in [0.15, 0.2) is 154 Å². The van der Waals surface area contributed by atoms with Gasteiger partial charge in [-0.1, -0.05) is 109 Å². The maximum atomic E-state index is 6.52. The Morgan fingerprint density at radius 2 is 1.20 bits per heavy atom. The maximum absolute atomic E-state index is 6.52. The normalized spacial score (nSPS) is 12.4. The average Bonchev–Trinajstić information content (AvgIpc) is 3.69. The fourth-order valence-corrected chi connectivity index (χ4v) is 6.59. The number of nitrogens with one attached hydrogen (secondary N) is 1. The SMILES string of the molecule is C1=Cc2c(oc3cccc(-c4ccc(N(c5ccc(-c6ccccc6)cc5)c5cccc6c5oc5ccccc56)cc4)c23)NC1. The first-order chi connectivity index (χ1) is 22.3. The molecule has 1 aliphatic rings. The molecular formula is C41H28N2O2. The minimum absolute atomic E-state index is 0.775. The fraction of sp³-hybridized carbons (Fsp3) is 0.0244. The molecule has 0 aliphatic carbocycles. The van der Waals surface area contributed by atoms with Crippen molar-refractivity contribution in [1.29, 1.82) is 0 Å². The number of hydrogen-bond donors (Lipinski definition) is 1. The summed E-state index contributed by atoms with van der Waals surface area (Å²) in [5.74, 6) is 0.834. The predicted molar refractivity (Wildman–Crippen MR) is 187 cm³/mol. The molecule has 0 unspecified atom stereocenters. The molecule has 0 saturated heterocycles. The Labute approximate surface area is 260 Å². The Morgan fingerprint density at radius 3 is 2.02 bits per heavy atom. The van der Waals surface area contributed by atoms with Gasteiger partial charge in [-0.25, -0.2) is 0 Å². The Morgan fingerprint density at radius 1 is 0.533 bits per heavy atom. The molecule has 0 amide bonds. The lowest BCUT2D eigenvalue weighted by molar-refractivity contribution is 0.628. The topological polar surface area (TPSA) is 41.6 Å². The lowest BCUT2D eigenvalue weighted by Crippen LogP contribution is -2.10. The van der Waals surface area contributed by atoms with Gasteiger partial charge in [0.2, 0.25) is 5.88 Å². The zero-order valence-electron chi connectivity index (χ0n) is 24.4. The van der Waals surface area contributed by atoms with Crippen LogP contribution in [0.4, 0.5) is 22.9 Å². The Bertz CT molecular complexity index is 2360. The highest BCUT2D eigenvalue weighted by Gasteiger charge is 2.21. The van der Waals surface area contributed by atoms with Gasteiger partial charge in [-0.2, -0.15) is 0 Å². The first-order valence-electron chi connectivity index (χ1n) is 15.2. The van der Waals surface area contributed by atoms with Crippen LogP contribution in [0, 0.1) is 0 Å². The maximum Gasteiger partial charge on any atom is 0.201 e. The van der Waals surface area contributed by atoms with Crippen LogP contribution in [0.1, 0.15) is 5.56 Å². The molecule has 8 aromatic rings. The minimum Gasteiger partial charge on any atom is -0.454 e. The standard InChI is InChI=1S/C41H28N2O2/c1-2-9-27(10-3-1)28-18-22-30(23-19-28)43(36-15-6-13-34-33-11-4-5-16-37(33)44-40(34)36)31-24-20-29(21-25-31)32-12-7-17-38-39(32)35-14-8-26-42-41(35)45-38/h1-25,42H,26H2. The molecule has 214 valence electrons. The van der Waals surface area contributed by atoms with E-state index in [1.165, 1.54) is 11.1 Å². The number of furan rings is 2. The van der Waals surface area contributed by atoms with Crippen LogP contribution in [0.25, 0.3) is 61.2 Å². The van der Waals surface area contributed by atoms with Crippen LogP contribution in [-0.2, 0) is 0 Å². The van der Waals surface area contributed by atoms with E-state index < -0.39 is 0 Å². The van der Waals surface area contributed by atoms with Crippen molar-refractivity contribution in [1.82, 2.24) is 0 Å². The summed E-state index contributed by atoms with van der Waals surface area (Å²) in [6.45, 7) is 0.775. The third kappa shape index (κ3) is 4.22. The van der Waals surface area contributed by atoms with Crippen molar-refractivity contribution >= 4 is 61.9 Å². The summed E-state index contributed by atoms with van der Waals surface area (Å²) in [7, 11) is 0. The largest absolute Gasteiger partial charge is 0.454 e. The van der Waals surface area contributed by atoms with Crippen LogP contribution in [0.5, 0.6) is 0 Å². The summed E-state index contributed by atoms with van der Waals surface area (Å²) in [5, 5.41) is 6.70. The molecule has 0 saturated carbocycles. The van der Waals surface area contributed by atoms with E-state index in [1.807, 2.05) is 24.3 Å². The molecule has 2 aromatic heterocycles. The number of fused-ring (bicyclic) bond motifs is 6. The van der Waals surface area contributed by atoms with E-state index in [0.717, 1.165) is 79.1 Å². The van der Waals surface area contributed by atoms with E-state index in [-0.39, 0.29) is 0 Å². The van der Waals surface area contributed by atoms with Crippen LogP contribution in [0.3, 0.4) is 0 Å². The van der Waals surface area contributed by atoms with E-state index in [1.54, 1.807) is 0 Å². The van der Waals surface area contributed by atoms with Crippen molar-refractivity contribution in [3.05, 3.63) is 151 Å². The van der Waals surface area contributed by atoms with Gasteiger partial charge in [-0.15, -0.1) is 0 Å². The van der Waals surface area contributed by atoms with E-state index in [9.17, 15) is 0 Å². The average molecular weight is 581 g/mol. The van der Waals surface area contributed by atoms with E-state index in [4.69, 9.17) is 8.83 Å². The summed E-state index contributed by atoms with van der Waals surface area (Å²) in [6, 6.07) is 48.9. The van der Waals surface area contributed by atoms with E-state index in [0.29, 0.717) is 0 Å². The molecular weight excluding hydrogens is 552 g/mol. The lowest BCUT2D eigenvalue weighted by atomic mass is 9.97. The van der Waals surface area contributed by atoms with Gasteiger partial charge in [0.15, 0.2) is 5.58 Å². The molecule has 0 bridgehead atoms. The molecule has 0 atom stereocenters. The first kappa shape index (κ1) is 25.5. The van der Waals surface area contributed by atoms with Crippen molar-refractivity contribution in [2.45, 2.75) is 0 Å². The Balaban J connectivity index is 1.19. The number of anilines is 4. The molecule has 4 heteroatoms. The second-order valence-corrected chi connectivity index (χ2v) is 11.4. The molecule has 45 heavy (non-hydrogen) atoms. The van der Waals surface area contributed by atoms with Gasteiger partial charge in [0.05, 0.1) is 5.69 Å². The molecule has 0 radical (unpaired) electrons. The van der Waals surface area contributed by atoms with Gasteiger partial charge in [-0.3, -0.25) is 0 Å². The smallest absolute Gasteiger partial charge is 0.201 e. The van der Waals surface area contributed by atoms with E-state index >= 15 is 0 Å². The summed E-state index contributed by atoms with van der Waals surface area (Å²) in [5.41, 5.74) is 11.5. The summed E-state index contributed by atoms with van der Waals surface area (Å²) in [6.07, 6.45) is 4.29. The second kappa shape index (κ2) is 10.3. The van der Waals surface area contributed by atoms with Gasteiger partial charge < -0.3 is 19.1 Å². The molecule has 1 aliphatic heterocycles. The number of hydrogen-bond acceptors (Lipinski definition) is 4. The lowest BCUT2D eigenvalue weighted by Gasteiger charge is -2.26. The molecule has 9 rings (SSSR count). The highest BCUT2D eigenvalue weighted by atomic mass is 16.4. The highest BCUT2D eigenvalue weighted by Crippen LogP contribution is 2.44. The van der Waals surface area contributed by atoms with Crippen molar-refractivity contribution in [3.63, 3.8) is 0 Å². The van der Waals surface area contributed by atoms with Gasteiger partial charge in [0.25, 0.3) is 0 Å². The highest BCUT2D eigenvalue weighted by molar-refractivity contribution is 6.10. The van der Waals surface area contributed by atoms with Gasteiger partial charge in [0.1, 0.15) is 11.2 Å². The van der Waals surface area contributed by atoms with Crippen molar-refractivity contribution in [2.24, 2.45) is 0 Å². The number of para-hydroxylation sites is 2. The third-order valence-corrected chi connectivity index (χ3v) is 8.71. The summed E-state index contributed by atoms with van der Waals surface area (Å²) < 4.78 is 12.7. The number of benzene rings is 6. The molecule has 1 N–H and O–H groups in total. The quantitative estimate of drug-likeness (QED) is 0.220. The number of nitrogens with zero attached hydrogens (tertiary/aromatic N) is 1. The van der Waals surface area contributed by atoms with E-state index in [2.05, 4.69) is 138 Å². The zero-order chi connectivity index (χ0) is 29.7. The van der Waals surface area contributed by atoms with Crippen LogP contribution in [0.2, 0.25) is 0 Å².